The Morgan fingerprint density at radius 2 is 1.79 bits per heavy atom. The highest BCUT2D eigenvalue weighted by atomic mass is 35.5. The van der Waals surface area contributed by atoms with Crippen molar-refractivity contribution in [2.75, 3.05) is 6.61 Å². The van der Waals surface area contributed by atoms with Crippen LogP contribution in [0.2, 0.25) is 10.0 Å². The summed E-state index contributed by atoms with van der Waals surface area (Å²) in [6, 6.07) is 19.1. The number of aromatic nitrogens is 2. The number of carboxylic acids is 1. The lowest BCUT2D eigenvalue weighted by Gasteiger charge is -2.15. The van der Waals surface area contributed by atoms with Gasteiger partial charge in [-0.3, -0.25) is 4.79 Å². The minimum atomic E-state index is -1.30. The van der Waals surface area contributed by atoms with Crippen molar-refractivity contribution in [3.05, 3.63) is 123 Å². The van der Waals surface area contributed by atoms with E-state index < -0.39 is 29.6 Å². The van der Waals surface area contributed by atoms with Gasteiger partial charge in [-0.15, -0.1) is 0 Å². The summed E-state index contributed by atoms with van der Waals surface area (Å²) in [6.45, 7) is 1.96. The van der Waals surface area contributed by atoms with E-state index in [4.69, 9.17) is 27.9 Å². The number of aryl methyl sites for hydroxylation is 1. The number of imidazole rings is 1. The summed E-state index contributed by atoms with van der Waals surface area (Å²) < 4.78 is 35.9. The molecule has 0 saturated heterocycles. The van der Waals surface area contributed by atoms with Gasteiger partial charge in [0.05, 0.1) is 36.4 Å². The van der Waals surface area contributed by atoms with Gasteiger partial charge < -0.3 is 19.7 Å². The minimum absolute atomic E-state index is 0.0489. The number of nitrogens with one attached hydrogen (secondary N) is 1. The first-order valence-corrected chi connectivity index (χ1v) is 13.9. The summed E-state index contributed by atoms with van der Waals surface area (Å²) in [5, 5.41) is 13.0. The Hall–Kier alpha value is -4.31. The van der Waals surface area contributed by atoms with Gasteiger partial charge in [0, 0.05) is 21.7 Å². The van der Waals surface area contributed by atoms with Crippen molar-refractivity contribution in [2.24, 2.45) is 0 Å². The molecule has 0 saturated carbocycles. The Morgan fingerprint density at radius 1 is 1.02 bits per heavy atom. The molecule has 43 heavy (non-hydrogen) atoms. The van der Waals surface area contributed by atoms with Crippen LogP contribution in [0.15, 0.2) is 78.9 Å². The third-order valence-corrected chi connectivity index (χ3v) is 7.44. The summed E-state index contributed by atoms with van der Waals surface area (Å²) >= 11 is 12.7. The molecule has 11 heteroatoms. The van der Waals surface area contributed by atoms with E-state index in [0.29, 0.717) is 21.1 Å². The second-order valence-corrected chi connectivity index (χ2v) is 10.7. The standard InChI is InChI=1S/C32H25Cl2F2N3O4/c1-18-11-21(33)13-25(34)24(18)15-39-29-10-7-20(12-27(29)37-30(39)23-9-8-22(35)14-26(23)36)31(40)38-28(32(41)42)17-43-16-19-5-3-2-4-6-19/h2-14,28H,15-17H2,1H3,(H,38,40)(H,41,42)/t28-/m0/s1. The molecule has 1 heterocycles. The Bertz CT molecular complexity index is 1810. The number of hydrogen-bond donors (Lipinski definition) is 2. The van der Waals surface area contributed by atoms with Crippen LogP contribution in [0.5, 0.6) is 0 Å². The van der Waals surface area contributed by atoms with Crippen LogP contribution >= 0.6 is 23.2 Å². The molecule has 7 nitrogen and oxygen atoms in total. The maximum Gasteiger partial charge on any atom is 0.328 e. The van der Waals surface area contributed by atoms with Gasteiger partial charge >= 0.3 is 5.97 Å². The summed E-state index contributed by atoms with van der Waals surface area (Å²) in [4.78, 5) is 29.5. The van der Waals surface area contributed by atoms with E-state index in [1.165, 1.54) is 18.2 Å². The van der Waals surface area contributed by atoms with Crippen LogP contribution in [0.1, 0.15) is 27.0 Å². The molecule has 0 radical (unpaired) electrons. The molecule has 220 valence electrons. The molecule has 0 bridgehead atoms. The molecule has 0 spiro atoms. The van der Waals surface area contributed by atoms with Crippen molar-refractivity contribution in [1.29, 1.82) is 0 Å². The van der Waals surface area contributed by atoms with Gasteiger partial charge in [-0.05, 0) is 66.1 Å². The van der Waals surface area contributed by atoms with Gasteiger partial charge in [0.15, 0.2) is 6.04 Å². The molecule has 0 aliphatic carbocycles. The number of ether oxygens (including phenoxy) is 1. The minimum Gasteiger partial charge on any atom is -0.480 e. The van der Waals surface area contributed by atoms with Crippen LogP contribution in [0.25, 0.3) is 22.4 Å². The molecule has 0 aliphatic heterocycles. The van der Waals surface area contributed by atoms with Crippen molar-refractivity contribution in [3.8, 4) is 11.4 Å². The fourth-order valence-corrected chi connectivity index (χ4v) is 5.34. The van der Waals surface area contributed by atoms with Gasteiger partial charge in [-0.1, -0.05) is 53.5 Å². The highest BCUT2D eigenvalue weighted by Crippen LogP contribution is 2.32. The van der Waals surface area contributed by atoms with E-state index in [1.54, 1.807) is 22.8 Å². The van der Waals surface area contributed by atoms with Gasteiger partial charge in [0.25, 0.3) is 5.91 Å². The number of carbonyl (C=O) groups excluding carboxylic acids is 1. The SMILES string of the molecule is Cc1cc(Cl)cc(Cl)c1Cn1c(-c2ccc(F)cc2F)nc2cc(C(=O)N[C@@H](COCc3ccccc3)C(=O)O)ccc21. The summed E-state index contributed by atoms with van der Waals surface area (Å²) in [5.74, 6) is -3.27. The molecule has 1 amide bonds. The number of aliphatic carboxylic acids is 1. The molecule has 5 rings (SSSR count). The number of carbonyl (C=O) groups is 2. The maximum atomic E-state index is 15.0. The van der Waals surface area contributed by atoms with Crippen LogP contribution in [0, 0.1) is 18.6 Å². The molecule has 0 aliphatic rings. The quantitative estimate of drug-likeness (QED) is 0.174. The molecule has 0 fully saturated rings. The fourth-order valence-electron chi connectivity index (χ4n) is 4.68. The highest BCUT2D eigenvalue weighted by Gasteiger charge is 2.23. The lowest BCUT2D eigenvalue weighted by molar-refractivity contribution is -0.141. The van der Waals surface area contributed by atoms with E-state index in [1.807, 2.05) is 37.3 Å². The van der Waals surface area contributed by atoms with Crippen molar-refractivity contribution in [1.82, 2.24) is 14.9 Å². The molecule has 1 aromatic heterocycles. The molecule has 5 aromatic rings. The van der Waals surface area contributed by atoms with Crippen molar-refractivity contribution in [2.45, 2.75) is 26.1 Å². The first-order chi connectivity index (χ1) is 20.6. The Kier molecular flexibility index (Phi) is 9.05. The van der Waals surface area contributed by atoms with Crippen molar-refractivity contribution in [3.63, 3.8) is 0 Å². The van der Waals surface area contributed by atoms with Crippen LogP contribution in [-0.4, -0.2) is 39.2 Å². The molecular weight excluding hydrogens is 599 g/mol. The van der Waals surface area contributed by atoms with Gasteiger partial charge in [0.1, 0.15) is 17.5 Å². The Labute approximate surface area is 255 Å². The zero-order valence-electron chi connectivity index (χ0n) is 22.8. The van der Waals surface area contributed by atoms with E-state index in [-0.39, 0.29) is 36.7 Å². The number of rotatable bonds is 10. The third-order valence-electron chi connectivity index (χ3n) is 6.88. The van der Waals surface area contributed by atoms with Crippen LogP contribution < -0.4 is 5.32 Å². The monoisotopic (exact) mass is 623 g/mol. The second kappa shape index (κ2) is 12.9. The van der Waals surface area contributed by atoms with Gasteiger partial charge in [0.2, 0.25) is 0 Å². The van der Waals surface area contributed by atoms with E-state index >= 15 is 0 Å². The van der Waals surface area contributed by atoms with Gasteiger partial charge in [-0.25, -0.2) is 18.6 Å². The number of benzene rings is 4. The topological polar surface area (TPSA) is 93.5 Å². The van der Waals surface area contributed by atoms with Crippen LogP contribution in [0.3, 0.4) is 0 Å². The fraction of sp³-hybridized carbons (Fsp3) is 0.156. The smallest absolute Gasteiger partial charge is 0.328 e. The Morgan fingerprint density at radius 3 is 2.49 bits per heavy atom. The zero-order valence-corrected chi connectivity index (χ0v) is 24.3. The second-order valence-electron chi connectivity index (χ2n) is 9.90. The van der Waals surface area contributed by atoms with E-state index in [9.17, 15) is 23.5 Å². The average Bonchev–Trinajstić information content (AvgIpc) is 3.31. The van der Waals surface area contributed by atoms with E-state index in [2.05, 4.69) is 10.3 Å². The maximum absolute atomic E-state index is 15.0. The lowest BCUT2D eigenvalue weighted by atomic mass is 10.1. The summed E-state index contributed by atoms with van der Waals surface area (Å²) in [6.07, 6.45) is 0. The largest absolute Gasteiger partial charge is 0.480 e. The summed E-state index contributed by atoms with van der Waals surface area (Å²) in [5.41, 5.74) is 3.45. The first kappa shape index (κ1) is 30.2. The molecule has 0 unspecified atom stereocenters. The zero-order chi connectivity index (χ0) is 30.7. The molecule has 1 atom stereocenters. The Balaban J connectivity index is 1.46. The van der Waals surface area contributed by atoms with Crippen LogP contribution in [0.4, 0.5) is 8.78 Å². The van der Waals surface area contributed by atoms with Crippen molar-refractivity contribution < 1.29 is 28.2 Å². The molecule has 2 N–H and O–H groups in total. The van der Waals surface area contributed by atoms with Crippen LogP contribution in [-0.2, 0) is 22.7 Å². The molecular formula is C32H25Cl2F2N3O4. The number of halogens is 4. The third kappa shape index (κ3) is 6.85. The van der Waals surface area contributed by atoms with E-state index in [0.717, 1.165) is 28.8 Å². The number of amides is 1. The predicted octanol–water partition coefficient (Wildman–Crippen LogP) is 7.04. The first-order valence-electron chi connectivity index (χ1n) is 13.2. The number of fused-ring (bicyclic) bond motifs is 1. The average molecular weight is 624 g/mol. The number of carboxylic acid groups (broad SMARTS) is 1. The highest BCUT2D eigenvalue weighted by molar-refractivity contribution is 6.35. The van der Waals surface area contributed by atoms with Crippen molar-refractivity contribution >= 4 is 46.1 Å². The molecule has 4 aromatic carbocycles. The normalized spacial score (nSPS) is 11.9. The lowest BCUT2D eigenvalue weighted by Crippen LogP contribution is -2.44. The predicted molar refractivity (Wildman–Crippen MR) is 160 cm³/mol. The number of nitrogens with zero attached hydrogens (tertiary/aromatic N) is 2. The van der Waals surface area contributed by atoms with Gasteiger partial charge in [-0.2, -0.15) is 0 Å². The summed E-state index contributed by atoms with van der Waals surface area (Å²) in [7, 11) is 0. The number of hydrogen-bond acceptors (Lipinski definition) is 4.